The van der Waals surface area contributed by atoms with Crippen LogP contribution in [0.1, 0.15) is 41.5 Å². The molecule has 1 heterocycles. The van der Waals surface area contributed by atoms with E-state index in [9.17, 15) is 0 Å². The van der Waals surface area contributed by atoms with Crippen LogP contribution in [0.2, 0.25) is 36.3 Å². The van der Waals surface area contributed by atoms with Gasteiger partial charge >= 0.3 is 0 Å². The van der Waals surface area contributed by atoms with Gasteiger partial charge < -0.3 is 14.2 Å². The lowest BCUT2D eigenvalue weighted by Crippen LogP contribution is -2.51. The van der Waals surface area contributed by atoms with E-state index in [1.807, 2.05) is 0 Å². The van der Waals surface area contributed by atoms with E-state index < -0.39 is 16.6 Å². The molecule has 1 aliphatic rings. The second-order valence-electron chi connectivity index (χ2n) is 9.49. The van der Waals surface area contributed by atoms with E-state index in [1.54, 1.807) is 0 Å². The zero-order valence-electron chi connectivity index (χ0n) is 15.9. The summed E-state index contributed by atoms with van der Waals surface area (Å²) in [6.07, 6.45) is 0.417. The normalized spacial score (nSPS) is 25.4. The van der Waals surface area contributed by atoms with Gasteiger partial charge in [-0.1, -0.05) is 41.5 Å². The number of hydrogen-bond acceptors (Lipinski definition) is 3. The Balaban J connectivity index is 2.78. The fourth-order valence-corrected chi connectivity index (χ4v) is 4.67. The highest BCUT2D eigenvalue weighted by Crippen LogP contribution is 2.40. The van der Waals surface area contributed by atoms with Crippen LogP contribution in [0.5, 0.6) is 0 Å². The van der Waals surface area contributed by atoms with Gasteiger partial charge in [-0.3, -0.25) is 0 Å². The van der Waals surface area contributed by atoms with E-state index in [2.05, 4.69) is 73.0 Å². The highest BCUT2D eigenvalue weighted by Gasteiger charge is 2.45. The Hall–Kier alpha value is 0.314. The lowest BCUT2D eigenvalue weighted by atomic mass is 10.2. The fourth-order valence-electron chi connectivity index (χ4n) is 1.98. The Labute approximate surface area is 134 Å². The molecule has 126 valence electrons. The molecule has 0 aromatic rings. The monoisotopic (exact) mass is 331 g/mol. The maximum atomic E-state index is 6.61. The molecule has 1 aliphatic heterocycles. The molecule has 5 heteroatoms. The van der Waals surface area contributed by atoms with Gasteiger partial charge in [-0.15, -0.1) is 0 Å². The zero-order valence-corrected chi connectivity index (χ0v) is 17.9. The molecule has 3 nitrogen and oxygen atoms in total. The molecule has 1 N–H and O–H groups in total. The molecule has 0 aromatic carbocycles. The van der Waals surface area contributed by atoms with Crippen LogP contribution in [-0.4, -0.2) is 41.9 Å². The van der Waals surface area contributed by atoms with Gasteiger partial charge in [0, 0.05) is 13.1 Å². The summed E-state index contributed by atoms with van der Waals surface area (Å²) in [7, 11) is -3.48. The summed E-state index contributed by atoms with van der Waals surface area (Å²) < 4.78 is 13.2. The van der Waals surface area contributed by atoms with Crippen molar-refractivity contribution >= 4 is 16.6 Å². The van der Waals surface area contributed by atoms with Crippen LogP contribution in [-0.2, 0) is 8.85 Å². The van der Waals surface area contributed by atoms with Crippen molar-refractivity contribution in [3.05, 3.63) is 0 Å². The molecule has 0 saturated carbocycles. The van der Waals surface area contributed by atoms with E-state index in [4.69, 9.17) is 8.85 Å². The highest BCUT2D eigenvalue weighted by atomic mass is 28.4. The van der Waals surface area contributed by atoms with Crippen LogP contribution in [0, 0.1) is 0 Å². The quantitative estimate of drug-likeness (QED) is 0.776. The smallest absolute Gasteiger partial charge is 0.192 e. The minimum Gasteiger partial charge on any atom is -0.410 e. The van der Waals surface area contributed by atoms with Crippen LogP contribution in [0.25, 0.3) is 0 Å². The van der Waals surface area contributed by atoms with Crippen molar-refractivity contribution < 1.29 is 8.85 Å². The third-order valence-electron chi connectivity index (χ3n) is 5.61. The van der Waals surface area contributed by atoms with Gasteiger partial charge in [-0.25, -0.2) is 0 Å². The Morgan fingerprint density at radius 2 is 1.00 bits per heavy atom. The average molecular weight is 332 g/mol. The second kappa shape index (κ2) is 6.08. The molecular weight excluding hydrogens is 294 g/mol. The van der Waals surface area contributed by atoms with Crippen molar-refractivity contribution in [3.8, 4) is 0 Å². The maximum absolute atomic E-state index is 6.61. The summed E-state index contributed by atoms with van der Waals surface area (Å²) in [4.78, 5) is 0. The van der Waals surface area contributed by atoms with Crippen LogP contribution in [0.4, 0.5) is 0 Å². The van der Waals surface area contributed by atoms with E-state index in [0.717, 1.165) is 13.1 Å². The molecule has 2 atom stereocenters. The van der Waals surface area contributed by atoms with Crippen molar-refractivity contribution in [1.29, 1.82) is 0 Å². The zero-order chi connectivity index (χ0) is 16.7. The first kappa shape index (κ1) is 19.4. The Morgan fingerprint density at radius 1 is 0.714 bits per heavy atom. The number of nitrogens with one attached hydrogen (secondary N) is 1. The molecule has 0 radical (unpaired) electrons. The Bertz CT molecular complexity index is 322. The SMILES string of the molecule is CC(C)(C)[Si](C)(C)O[C@@H]1CNC[C@H]1O[Si](C)(C)C(C)(C)C. The standard InChI is InChI=1S/C16H37NO2Si2/c1-15(2,3)20(7,8)18-13-11-17-12-14(13)19-21(9,10)16(4,5)6/h13-14,17H,11-12H2,1-10H3/t13-,14-/m1/s1. The van der Waals surface area contributed by atoms with E-state index in [1.165, 1.54) is 0 Å². The van der Waals surface area contributed by atoms with Crippen LogP contribution in [0.3, 0.4) is 0 Å². The minimum atomic E-state index is -1.74. The summed E-state index contributed by atoms with van der Waals surface area (Å²) in [5.41, 5.74) is 0. The molecule has 0 amide bonds. The van der Waals surface area contributed by atoms with Crippen LogP contribution in [0.15, 0.2) is 0 Å². The molecule has 21 heavy (non-hydrogen) atoms. The summed E-state index contributed by atoms with van der Waals surface area (Å²) >= 11 is 0. The van der Waals surface area contributed by atoms with Crippen molar-refractivity contribution in [1.82, 2.24) is 5.32 Å². The van der Waals surface area contributed by atoms with E-state index in [-0.39, 0.29) is 22.3 Å². The Morgan fingerprint density at radius 3 is 1.24 bits per heavy atom. The van der Waals surface area contributed by atoms with Gasteiger partial charge in [0.1, 0.15) is 0 Å². The molecule has 0 aromatic heterocycles. The molecule has 0 spiro atoms. The fraction of sp³-hybridized carbons (Fsp3) is 1.00. The third-order valence-corrected chi connectivity index (χ3v) is 14.6. The van der Waals surface area contributed by atoms with Crippen molar-refractivity contribution in [2.24, 2.45) is 0 Å². The first-order valence-corrected chi connectivity index (χ1v) is 14.1. The third kappa shape index (κ3) is 4.64. The van der Waals surface area contributed by atoms with Gasteiger partial charge in [0.05, 0.1) is 12.2 Å². The lowest BCUT2D eigenvalue weighted by molar-refractivity contribution is 0.0713. The second-order valence-corrected chi connectivity index (χ2v) is 19.0. The van der Waals surface area contributed by atoms with Gasteiger partial charge in [0.25, 0.3) is 0 Å². The predicted molar refractivity (Wildman–Crippen MR) is 97.0 cm³/mol. The Kier molecular flexibility index (Phi) is 5.60. The van der Waals surface area contributed by atoms with Crippen molar-refractivity contribution in [2.75, 3.05) is 13.1 Å². The average Bonchev–Trinajstić information content (AvgIpc) is 2.60. The first-order chi connectivity index (χ1) is 9.17. The van der Waals surface area contributed by atoms with Crippen molar-refractivity contribution in [3.63, 3.8) is 0 Å². The van der Waals surface area contributed by atoms with Crippen molar-refractivity contribution in [2.45, 2.75) is 90.0 Å². The molecule has 0 unspecified atom stereocenters. The first-order valence-electron chi connectivity index (χ1n) is 8.24. The molecule has 1 saturated heterocycles. The molecule has 1 rings (SSSR count). The minimum absolute atomic E-state index is 0.208. The lowest BCUT2D eigenvalue weighted by Gasteiger charge is -2.43. The maximum Gasteiger partial charge on any atom is 0.192 e. The summed E-state index contributed by atoms with van der Waals surface area (Å²) in [6.45, 7) is 24.9. The van der Waals surface area contributed by atoms with Gasteiger partial charge in [0.15, 0.2) is 16.6 Å². The van der Waals surface area contributed by atoms with Gasteiger partial charge in [-0.2, -0.15) is 0 Å². The summed E-state index contributed by atoms with van der Waals surface area (Å²) in [5.74, 6) is 0. The topological polar surface area (TPSA) is 30.5 Å². The molecular formula is C16H37NO2Si2. The molecule has 0 bridgehead atoms. The van der Waals surface area contributed by atoms with Crippen LogP contribution >= 0.6 is 0 Å². The molecule has 1 fully saturated rings. The number of rotatable bonds is 4. The van der Waals surface area contributed by atoms with Gasteiger partial charge in [-0.05, 0) is 36.3 Å². The predicted octanol–water partition coefficient (Wildman–Crippen LogP) is 4.37. The highest BCUT2D eigenvalue weighted by molar-refractivity contribution is 6.74. The summed E-state index contributed by atoms with van der Waals surface area (Å²) in [5, 5.41) is 3.96. The van der Waals surface area contributed by atoms with Crippen LogP contribution < -0.4 is 5.32 Å². The summed E-state index contributed by atoms with van der Waals surface area (Å²) in [6, 6.07) is 0. The van der Waals surface area contributed by atoms with E-state index in [0.29, 0.717) is 0 Å². The largest absolute Gasteiger partial charge is 0.410 e. The molecule has 0 aliphatic carbocycles. The van der Waals surface area contributed by atoms with E-state index >= 15 is 0 Å². The number of hydrogen-bond donors (Lipinski definition) is 1. The van der Waals surface area contributed by atoms with Gasteiger partial charge in [0.2, 0.25) is 0 Å².